The highest BCUT2D eigenvalue weighted by atomic mass is 16.3. The Kier molecular flexibility index (Phi) is 4.24. The van der Waals surface area contributed by atoms with Crippen molar-refractivity contribution in [1.29, 1.82) is 0 Å². The maximum atomic E-state index is 10.4. The summed E-state index contributed by atoms with van der Waals surface area (Å²) in [4.78, 5) is 11.1. The fraction of sp³-hybridized carbons (Fsp3) is 0.714. The Morgan fingerprint density at radius 1 is 1.53 bits per heavy atom. The molecule has 0 aliphatic carbocycles. The van der Waals surface area contributed by atoms with Crippen LogP contribution in [-0.2, 0) is 0 Å². The molecular weight excluding hydrogens is 240 g/mol. The molecule has 5 heteroatoms. The van der Waals surface area contributed by atoms with E-state index in [2.05, 4.69) is 27.1 Å². The van der Waals surface area contributed by atoms with E-state index in [0.29, 0.717) is 0 Å². The van der Waals surface area contributed by atoms with Gasteiger partial charge in [0.1, 0.15) is 5.82 Å². The monoisotopic (exact) mass is 264 g/mol. The van der Waals surface area contributed by atoms with Gasteiger partial charge in [-0.3, -0.25) is 0 Å². The molecule has 0 amide bonds. The number of hydrogen-bond donors (Lipinski definition) is 2. The first kappa shape index (κ1) is 14.1. The lowest BCUT2D eigenvalue weighted by Crippen LogP contribution is -2.50. The van der Waals surface area contributed by atoms with Crippen LogP contribution in [0.15, 0.2) is 12.3 Å². The van der Waals surface area contributed by atoms with Crippen LogP contribution in [0.4, 0.5) is 11.8 Å². The maximum Gasteiger partial charge on any atom is 0.227 e. The molecule has 2 rings (SSSR count). The van der Waals surface area contributed by atoms with Gasteiger partial charge in [-0.1, -0.05) is 6.92 Å². The first-order chi connectivity index (χ1) is 9.06. The van der Waals surface area contributed by atoms with Crippen molar-refractivity contribution >= 4 is 11.8 Å². The van der Waals surface area contributed by atoms with Crippen LogP contribution in [0.1, 0.15) is 33.6 Å². The van der Waals surface area contributed by atoms with E-state index in [-0.39, 0.29) is 5.92 Å². The highest BCUT2D eigenvalue weighted by molar-refractivity contribution is 5.41. The van der Waals surface area contributed by atoms with E-state index in [0.717, 1.165) is 44.2 Å². The third-order valence-electron chi connectivity index (χ3n) is 3.98. The normalized spacial score (nSPS) is 27.4. The summed E-state index contributed by atoms with van der Waals surface area (Å²) in [6.07, 6.45) is 3.52. The zero-order chi connectivity index (χ0) is 13.9. The van der Waals surface area contributed by atoms with Crippen LogP contribution in [0.3, 0.4) is 0 Å². The third-order valence-corrected chi connectivity index (χ3v) is 3.98. The Labute approximate surface area is 115 Å². The Morgan fingerprint density at radius 3 is 3.00 bits per heavy atom. The number of nitrogens with zero attached hydrogens (tertiary/aromatic N) is 3. The first-order valence-corrected chi connectivity index (χ1v) is 7.11. The largest absolute Gasteiger partial charge is 0.390 e. The quantitative estimate of drug-likeness (QED) is 0.869. The summed E-state index contributed by atoms with van der Waals surface area (Å²) in [6.45, 7) is 8.58. The Hall–Kier alpha value is -1.36. The lowest BCUT2D eigenvalue weighted by molar-refractivity contribution is -0.0185. The van der Waals surface area contributed by atoms with Gasteiger partial charge in [0.2, 0.25) is 5.95 Å². The smallest absolute Gasteiger partial charge is 0.227 e. The van der Waals surface area contributed by atoms with Crippen LogP contribution in [0.2, 0.25) is 0 Å². The average molecular weight is 264 g/mol. The molecule has 106 valence electrons. The van der Waals surface area contributed by atoms with E-state index < -0.39 is 5.60 Å². The van der Waals surface area contributed by atoms with E-state index in [1.807, 2.05) is 19.9 Å². The minimum absolute atomic E-state index is 0.271. The minimum atomic E-state index is -0.565. The van der Waals surface area contributed by atoms with Crippen LogP contribution < -0.4 is 10.2 Å². The standard InChI is InChI=1S/C14H24N4O/c1-4-11-10-18(9-7-14(11,3)19)13-16-8-6-12(17-13)15-5-2/h6,8,11,19H,4-5,7,9-10H2,1-3H3,(H,15,16,17)/t11-,14+/m0/s1. The molecule has 1 aromatic heterocycles. The topological polar surface area (TPSA) is 61.3 Å². The SMILES string of the molecule is CCNc1ccnc(N2CC[C@@](C)(O)[C@@H](CC)C2)n1. The van der Waals surface area contributed by atoms with Gasteiger partial charge in [0.15, 0.2) is 0 Å². The van der Waals surface area contributed by atoms with E-state index in [9.17, 15) is 5.11 Å². The van der Waals surface area contributed by atoms with Gasteiger partial charge < -0.3 is 15.3 Å². The van der Waals surface area contributed by atoms with Gasteiger partial charge >= 0.3 is 0 Å². The number of rotatable bonds is 4. The lowest BCUT2D eigenvalue weighted by atomic mass is 9.81. The van der Waals surface area contributed by atoms with Gasteiger partial charge in [0.25, 0.3) is 0 Å². The molecule has 0 bridgehead atoms. The molecule has 0 saturated carbocycles. The summed E-state index contributed by atoms with van der Waals surface area (Å²) in [5, 5.41) is 13.6. The molecule has 0 radical (unpaired) electrons. The molecule has 2 heterocycles. The summed E-state index contributed by atoms with van der Waals surface area (Å²) in [6, 6.07) is 1.88. The van der Waals surface area contributed by atoms with E-state index in [1.165, 1.54) is 0 Å². The van der Waals surface area contributed by atoms with Crippen molar-refractivity contribution < 1.29 is 5.11 Å². The van der Waals surface area contributed by atoms with E-state index in [1.54, 1.807) is 6.20 Å². The summed E-state index contributed by atoms with van der Waals surface area (Å²) < 4.78 is 0. The van der Waals surface area contributed by atoms with Gasteiger partial charge in [-0.15, -0.1) is 0 Å². The van der Waals surface area contributed by atoms with Gasteiger partial charge in [-0.05, 0) is 32.8 Å². The Morgan fingerprint density at radius 2 is 2.32 bits per heavy atom. The van der Waals surface area contributed by atoms with Crippen LogP contribution in [0, 0.1) is 5.92 Å². The third kappa shape index (κ3) is 3.15. The molecule has 1 aliphatic rings. The van der Waals surface area contributed by atoms with Crippen molar-refractivity contribution in [2.24, 2.45) is 5.92 Å². The highest BCUT2D eigenvalue weighted by Crippen LogP contribution is 2.31. The van der Waals surface area contributed by atoms with Gasteiger partial charge in [-0.25, -0.2) is 4.98 Å². The fourth-order valence-electron chi connectivity index (χ4n) is 2.65. The predicted octanol–water partition coefficient (Wildman–Crippen LogP) is 1.90. The molecule has 5 nitrogen and oxygen atoms in total. The fourth-order valence-corrected chi connectivity index (χ4v) is 2.65. The molecule has 0 spiro atoms. The summed E-state index contributed by atoms with van der Waals surface area (Å²) >= 11 is 0. The predicted molar refractivity (Wildman–Crippen MR) is 77.4 cm³/mol. The van der Waals surface area contributed by atoms with Crippen molar-refractivity contribution in [2.45, 2.75) is 39.2 Å². The lowest BCUT2D eigenvalue weighted by Gasteiger charge is -2.42. The number of piperidine rings is 1. The molecule has 1 fully saturated rings. The number of aromatic nitrogens is 2. The van der Waals surface area contributed by atoms with Gasteiger partial charge in [0.05, 0.1) is 5.60 Å². The first-order valence-electron chi connectivity index (χ1n) is 7.11. The van der Waals surface area contributed by atoms with Crippen LogP contribution in [0.25, 0.3) is 0 Å². The highest BCUT2D eigenvalue weighted by Gasteiger charge is 2.37. The van der Waals surface area contributed by atoms with Crippen LogP contribution in [0.5, 0.6) is 0 Å². The average Bonchev–Trinajstić information content (AvgIpc) is 2.39. The van der Waals surface area contributed by atoms with E-state index >= 15 is 0 Å². The maximum absolute atomic E-state index is 10.4. The second-order valence-corrected chi connectivity index (χ2v) is 5.43. The second-order valence-electron chi connectivity index (χ2n) is 5.43. The molecule has 19 heavy (non-hydrogen) atoms. The molecule has 2 atom stereocenters. The number of aliphatic hydroxyl groups is 1. The molecule has 2 N–H and O–H groups in total. The van der Waals surface area contributed by atoms with E-state index in [4.69, 9.17) is 0 Å². The molecule has 0 unspecified atom stereocenters. The Bertz CT molecular complexity index is 422. The second kappa shape index (κ2) is 5.74. The van der Waals surface area contributed by atoms with Crippen LogP contribution in [-0.4, -0.2) is 40.3 Å². The molecule has 1 aliphatic heterocycles. The van der Waals surface area contributed by atoms with Crippen LogP contribution >= 0.6 is 0 Å². The molecular formula is C14H24N4O. The van der Waals surface area contributed by atoms with Crippen molar-refractivity contribution in [3.8, 4) is 0 Å². The number of nitrogens with one attached hydrogen (secondary N) is 1. The Balaban J connectivity index is 2.12. The van der Waals surface area contributed by atoms with Crippen molar-refractivity contribution in [3.05, 3.63) is 12.3 Å². The number of anilines is 2. The number of hydrogen-bond acceptors (Lipinski definition) is 5. The molecule has 0 aromatic carbocycles. The van der Waals surface area contributed by atoms with Crippen molar-refractivity contribution in [1.82, 2.24) is 9.97 Å². The van der Waals surface area contributed by atoms with Gasteiger partial charge in [0, 0.05) is 31.7 Å². The zero-order valence-corrected chi connectivity index (χ0v) is 12.1. The van der Waals surface area contributed by atoms with Gasteiger partial charge in [-0.2, -0.15) is 4.98 Å². The van der Waals surface area contributed by atoms with Crippen molar-refractivity contribution in [2.75, 3.05) is 29.9 Å². The minimum Gasteiger partial charge on any atom is -0.390 e. The summed E-state index contributed by atoms with van der Waals surface area (Å²) in [7, 11) is 0. The van der Waals surface area contributed by atoms with Crippen molar-refractivity contribution in [3.63, 3.8) is 0 Å². The molecule has 1 aromatic rings. The zero-order valence-electron chi connectivity index (χ0n) is 12.1. The summed E-state index contributed by atoms with van der Waals surface area (Å²) in [5.41, 5.74) is -0.565. The molecule has 1 saturated heterocycles. The summed E-state index contributed by atoms with van der Waals surface area (Å²) in [5.74, 6) is 1.89.